The zero-order chi connectivity index (χ0) is 30.2. The van der Waals surface area contributed by atoms with Crippen LogP contribution in [0, 0.1) is 12.8 Å². The number of nitrogens with zero attached hydrogens (tertiary/aromatic N) is 2. The molecule has 2 amide bonds. The van der Waals surface area contributed by atoms with Gasteiger partial charge < -0.3 is 15.0 Å². The molecule has 1 N–H and O–H groups in total. The molecule has 220 valence electrons. The smallest absolute Gasteiger partial charge is 0.264 e. The van der Waals surface area contributed by atoms with E-state index < -0.39 is 28.5 Å². The summed E-state index contributed by atoms with van der Waals surface area (Å²) in [7, 11) is -2.61. The number of hydrogen-bond acceptors (Lipinski definition) is 5. The Balaban J connectivity index is 2.07. The number of anilines is 1. The molecule has 0 aliphatic heterocycles. The quantitative estimate of drug-likeness (QED) is 0.283. The monoisotopic (exact) mass is 599 g/mol. The van der Waals surface area contributed by atoms with Crippen molar-refractivity contribution < 1.29 is 22.7 Å². The molecule has 3 aromatic rings. The van der Waals surface area contributed by atoms with E-state index in [9.17, 15) is 18.0 Å². The molecule has 0 spiro atoms. The van der Waals surface area contributed by atoms with Gasteiger partial charge in [0.05, 0.1) is 17.7 Å². The third-order valence-electron chi connectivity index (χ3n) is 6.61. The number of hydrogen-bond donors (Lipinski definition) is 1. The molecule has 41 heavy (non-hydrogen) atoms. The van der Waals surface area contributed by atoms with Crippen molar-refractivity contribution in [3.63, 3.8) is 0 Å². The van der Waals surface area contributed by atoms with Crippen molar-refractivity contribution >= 4 is 39.1 Å². The third kappa shape index (κ3) is 8.24. The summed E-state index contributed by atoms with van der Waals surface area (Å²) < 4.78 is 34.2. The van der Waals surface area contributed by atoms with Crippen LogP contribution in [0.2, 0.25) is 5.02 Å². The molecule has 3 aromatic carbocycles. The summed E-state index contributed by atoms with van der Waals surface area (Å²) in [5, 5.41) is 3.30. The molecule has 10 heteroatoms. The number of methoxy groups -OCH3 is 1. The van der Waals surface area contributed by atoms with Crippen LogP contribution in [0.4, 0.5) is 5.69 Å². The number of halogens is 1. The van der Waals surface area contributed by atoms with Gasteiger partial charge in [-0.2, -0.15) is 0 Å². The normalized spacial score (nSPS) is 12.1. The molecular weight excluding hydrogens is 562 g/mol. The molecule has 0 radical (unpaired) electrons. The molecule has 0 fully saturated rings. The van der Waals surface area contributed by atoms with Gasteiger partial charge in [-0.3, -0.25) is 13.9 Å². The summed E-state index contributed by atoms with van der Waals surface area (Å²) >= 11 is 6.38. The lowest BCUT2D eigenvalue weighted by molar-refractivity contribution is -0.140. The highest BCUT2D eigenvalue weighted by atomic mass is 35.5. The summed E-state index contributed by atoms with van der Waals surface area (Å²) in [6.07, 6.45) is 0.335. The fraction of sp³-hybridized carbons (Fsp3) is 0.355. The molecule has 8 nitrogen and oxygen atoms in total. The van der Waals surface area contributed by atoms with Gasteiger partial charge in [-0.05, 0) is 66.8 Å². The lowest BCUT2D eigenvalue weighted by Crippen LogP contribution is -2.52. The minimum Gasteiger partial charge on any atom is -0.497 e. The topological polar surface area (TPSA) is 96.0 Å². The number of nitrogens with one attached hydrogen (secondary N) is 1. The number of carbonyl (C=O) groups excluding carboxylic acids is 2. The minimum absolute atomic E-state index is 0.0329. The number of carbonyl (C=O) groups is 2. The van der Waals surface area contributed by atoms with Gasteiger partial charge in [0.2, 0.25) is 11.8 Å². The first-order valence-electron chi connectivity index (χ1n) is 13.5. The van der Waals surface area contributed by atoms with Gasteiger partial charge >= 0.3 is 0 Å². The number of rotatable bonds is 13. The highest BCUT2D eigenvalue weighted by Gasteiger charge is 2.33. The van der Waals surface area contributed by atoms with Crippen LogP contribution in [-0.4, -0.2) is 51.4 Å². The van der Waals surface area contributed by atoms with Crippen LogP contribution in [0.25, 0.3) is 0 Å². The van der Waals surface area contributed by atoms with Crippen LogP contribution in [-0.2, 0) is 26.2 Å². The van der Waals surface area contributed by atoms with Crippen LogP contribution in [0.5, 0.6) is 5.75 Å². The second-order valence-corrected chi connectivity index (χ2v) is 12.5. The average Bonchev–Trinajstić information content (AvgIpc) is 2.96. The average molecular weight is 600 g/mol. The molecule has 1 unspecified atom stereocenters. The van der Waals surface area contributed by atoms with Crippen LogP contribution in [0.1, 0.15) is 38.3 Å². The molecule has 0 saturated heterocycles. The Labute approximate surface area is 248 Å². The SMILES string of the molecule is CCC(C(=O)NCC(C)C)N(Cc1cccc(OC)c1)C(=O)CN(c1ccc(C)c(Cl)c1)S(=O)(=O)c1ccccc1. The van der Waals surface area contributed by atoms with Gasteiger partial charge in [-0.15, -0.1) is 0 Å². The molecular formula is C31H38ClN3O5S. The first-order valence-corrected chi connectivity index (χ1v) is 15.3. The van der Waals surface area contributed by atoms with Crippen molar-refractivity contribution in [1.82, 2.24) is 10.2 Å². The summed E-state index contributed by atoms with van der Waals surface area (Å²) in [4.78, 5) is 28.9. The van der Waals surface area contributed by atoms with E-state index in [1.165, 1.54) is 23.1 Å². The minimum atomic E-state index is -4.16. The van der Waals surface area contributed by atoms with Crippen LogP contribution in [0.15, 0.2) is 77.7 Å². The van der Waals surface area contributed by atoms with Gasteiger partial charge in [0.25, 0.3) is 10.0 Å². The molecule has 0 aliphatic rings. The summed E-state index contributed by atoms with van der Waals surface area (Å²) in [5.41, 5.74) is 1.76. The van der Waals surface area contributed by atoms with Gasteiger partial charge in [0.15, 0.2) is 0 Å². The first-order chi connectivity index (χ1) is 19.5. The van der Waals surface area contributed by atoms with Crippen molar-refractivity contribution in [3.05, 3.63) is 88.9 Å². The second-order valence-electron chi connectivity index (χ2n) is 10.2. The first kappa shape index (κ1) is 32.0. The number of ether oxygens (including phenoxy) is 1. The molecule has 0 aromatic heterocycles. The highest BCUT2D eigenvalue weighted by molar-refractivity contribution is 7.92. The standard InChI is InChI=1S/C31H38ClN3O5S/c1-6-29(31(37)33-19-22(2)3)34(20-24-11-10-12-26(17-24)40-5)30(36)21-35(25-16-15-23(4)28(32)18-25)41(38,39)27-13-8-7-9-14-27/h7-18,22,29H,6,19-21H2,1-5H3,(H,33,37). The maximum atomic E-state index is 14.1. The van der Waals surface area contributed by atoms with E-state index in [0.29, 0.717) is 23.7 Å². The molecule has 0 aliphatic carbocycles. The second kappa shape index (κ2) is 14.4. The van der Waals surface area contributed by atoms with Gasteiger partial charge in [0, 0.05) is 18.1 Å². The molecule has 3 rings (SSSR count). The van der Waals surface area contributed by atoms with Crippen molar-refractivity contribution in [2.45, 2.75) is 51.6 Å². The van der Waals surface area contributed by atoms with E-state index in [1.807, 2.05) is 33.8 Å². The lowest BCUT2D eigenvalue weighted by atomic mass is 10.1. The Morgan fingerprint density at radius 1 is 1.00 bits per heavy atom. The Bertz CT molecular complexity index is 1450. The Hall–Kier alpha value is -3.56. The molecule has 0 bridgehead atoms. The largest absolute Gasteiger partial charge is 0.497 e. The van der Waals surface area contributed by atoms with E-state index >= 15 is 0 Å². The van der Waals surface area contributed by atoms with Crippen LogP contribution in [0.3, 0.4) is 0 Å². The zero-order valence-electron chi connectivity index (χ0n) is 24.1. The van der Waals surface area contributed by atoms with Crippen molar-refractivity contribution in [3.8, 4) is 5.75 Å². The van der Waals surface area contributed by atoms with Crippen molar-refractivity contribution in [2.75, 3.05) is 24.5 Å². The van der Waals surface area contributed by atoms with E-state index in [2.05, 4.69) is 5.32 Å². The van der Waals surface area contributed by atoms with Crippen LogP contribution < -0.4 is 14.4 Å². The Kier molecular flexibility index (Phi) is 11.2. The number of sulfonamides is 1. The van der Waals surface area contributed by atoms with Crippen LogP contribution >= 0.6 is 11.6 Å². The summed E-state index contributed by atoms with van der Waals surface area (Å²) in [6, 6.07) is 19.2. The van der Waals surface area contributed by atoms with E-state index in [4.69, 9.17) is 16.3 Å². The maximum absolute atomic E-state index is 14.1. The van der Waals surface area contributed by atoms with E-state index in [-0.39, 0.29) is 29.0 Å². The van der Waals surface area contributed by atoms with Gasteiger partial charge in [0.1, 0.15) is 18.3 Å². The Morgan fingerprint density at radius 2 is 1.71 bits per heavy atom. The van der Waals surface area contributed by atoms with Crippen molar-refractivity contribution in [1.29, 1.82) is 0 Å². The molecule has 0 heterocycles. The highest BCUT2D eigenvalue weighted by Crippen LogP contribution is 2.29. The predicted molar refractivity (Wildman–Crippen MR) is 163 cm³/mol. The summed E-state index contributed by atoms with van der Waals surface area (Å²) in [6.45, 7) is 7.60. The fourth-order valence-electron chi connectivity index (χ4n) is 4.29. The fourth-order valence-corrected chi connectivity index (χ4v) is 5.90. The van der Waals surface area contributed by atoms with Gasteiger partial charge in [-0.1, -0.05) is 68.8 Å². The Morgan fingerprint density at radius 3 is 2.32 bits per heavy atom. The number of aryl methyl sites for hydroxylation is 1. The number of benzene rings is 3. The molecule has 1 atom stereocenters. The van der Waals surface area contributed by atoms with E-state index in [0.717, 1.165) is 15.4 Å². The maximum Gasteiger partial charge on any atom is 0.264 e. The third-order valence-corrected chi connectivity index (χ3v) is 8.81. The summed E-state index contributed by atoms with van der Waals surface area (Å²) in [5.74, 6) is -0.00423. The number of amides is 2. The molecule has 0 saturated carbocycles. The predicted octanol–water partition coefficient (Wildman–Crippen LogP) is 5.43. The van der Waals surface area contributed by atoms with E-state index in [1.54, 1.807) is 55.6 Å². The van der Waals surface area contributed by atoms with Gasteiger partial charge in [-0.25, -0.2) is 8.42 Å². The zero-order valence-corrected chi connectivity index (χ0v) is 25.7. The lowest BCUT2D eigenvalue weighted by Gasteiger charge is -2.33. The van der Waals surface area contributed by atoms with Crippen molar-refractivity contribution in [2.24, 2.45) is 5.92 Å².